The first-order valence-corrected chi connectivity index (χ1v) is 11.1. The Morgan fingerprint density at radius 1 is 1.09 bits per heavy atom. The second-order valence-electron chi connectivity index (χ2n) is 9.10. The number of likely N-dealkylation sites (tertiary alicyclic amines) is 1. The summed E-state index contributed by atoms with van der Waals surface area (Å²) in [4.78, 5) is 28.5. The highest BCUT2D eigenvalue weighted by molar-refractivity contribution is 5.81. The number of hydrogen-bond acceptors (Lipinski definition) is 7. The molecule has 2 aromatic heterocycles. The predicted octanol–water partition coefficient (Wildman–Crippen LogP) is 2.41. The third-order valence-electron chi connectivity index (χ3n) is 6.21. The average molecular weight is 468 g/mol. The molecule has 0 aliphatic carbocycles. The van der Waals surface area contributed by atoms with Gasteiger partial charge >= 0.3 is 12.1 Å². The second kappa shape index (κ2) is 9.14. The molecule has 2 fully saturated rings. The first-order chi connectivity index (χ1) is 15.6. The van der Waals surface area contributed by atoms with Crippen LogP contribution in [-0.4, -0.2) is 69.4 Å². The van der Waals surface area contributed by atoms with Crippen molar-refractivity contribution in [3.8, 4) is 0 Å². The van der Waals surface area contributed by atoms with E-state index < -0.39 is 18.0 Å². The van der Waals surface area contributed by atoms with Gasteiger partial charge in [0.05, 0.1) is 5.92 Å². The van der Waals surface area contributed by atoms with E-state index in [1.54, 1.807) is 11.0 Å². The van der Waals surface area contributed by atoms with Crippen LogP contribution < -0.4 is 4.90 Å². The van der Waals surface area contributed by atoms with Crippen molar-refractivity contribution in [2.75, 3.05) is 37.7 Å². The van der Waals surface area contributed by atoms with Crippen LogP contribution in [0.15, 0.2) is 12.1 Å². The van der Waals surface area contributed by atoms with Gasteiger partial charge in [0.15, 0.2) is 12.3 Å². The number of anilines is 1. The zero-order valence-electron chi connectivity index (χ0n) is 18.6. The van der Waals surface area contributed by atoms with Crippen LogP contribution in [0, 0.1) is 17.8 Å². The Hall–Kier alpha value is -2.92. The summed E-state index contributed by atoms with van der Waals surface area (Å²) < 4.78 is 45.3. The van der Waals surface area contributed by atoms with Crippen LogP contribution in [0.1, 0.15) is 38.9 Å². The molecular weight excluding hydrogens is 441 g/mol. The molecule has 1 amide bonds. The number of hydrogen-bond donors (Lipinski definition) is 0. The number of ether oxygens (including phenoxy) is 1. The lowest BCUT2D eigenvalue weighted by Gasteiger charge is -2.35. The molecule has 2 aromatic rings. The van der Waals surface area contributed by atoms with Gasteiger partial charge in [-0.25, -0.2) is 0 Å². The number of carbonyl (C=O) groups is 2. The zero-order chi connectivity index (χ0) is 23.8. The number of halogens is 3. The molecule has 9 nitrogen and oxygen atoms in total. The van der Waals surface area contributed by atoms with E-state index in [4.69, 9.17) is 4.74 Å². The summed E-state index contributed by atoms with van der Waals surface area (Å²) in [5.41, 5.74) is 0.00620. The Morgan fingerprint density at radius 3 is 2.39 bits per heavy atom. The first-order valence-electron chi connectivity index (χ1n) is 11.1. The quantitative estimate of drug-likeness (QED) is 0.637. The molecule has 12 heteroatoms. The minimum Gasteiger partial charge on any atom is -0.455 e. The van der Waals surface area contributed by atoms with E-state index in [0.717, 1.165) is 6.42 Å². The summed E-state index contributed by atoms with van der Waals surface area (Å²) in [5.74, 6) is -0.929. The van der Waals surface area contributed by atoms with Crippen molar-refractivity contribution in [1.29, 1.82) is 0 Å². The van der Waals surface area contributed by atoms with Gasteiger partial charge in [-0.2, -0.15) is 17.7 Å². The van der Waals surface area contributed by atoms with Crippen molar-refractivity contribution in [2.24, 2.45) is 17.8 Å². The Balaban J connectivity index is 1.30. The molecule has 0 radical (unpaired) electrons. The SMILES string of the molecule is C[C@@H]1C[C@@H](C)CN(C(=O)COC(=O)C2CCN(c3ccc4nnc(C(F)(F)F)n4n3)CC2)C1. The molecule has 0 bridgehead atoms. The summed E-state index contributed by atoms with van der Waals surface area (Å²) in [5, 5.41) is 10.7. The van der Waals surface area contributed by atoms with Gasteiger partial charge in [0.1, 0.15) is 5.82 Å². The number of alkyl halides is 3. The maximum Gasteiger partial charge on any atom is 0.453 e. The summed E-state index contributed by atoms with van der Waals surface area (Å²) in [7, 11) is 0. The number of esters is 1. The van der Waals surface area contributed by atoms with Crippen LogP contribution in [0.3, 0.4) is 0 Å². The Morgan fingerprint density at radius 2 is 1.76 bits per heavy atom. The fraction of sp³-hybridized carbons (Fsp3) is 0.667. The van der Waals surface area contributed by atoms with Crippen LogP contribution >= 0.6 is 0 Å². The van der Waals surface area contributed by atoms with Crippen LogP contribution in [-0.2, 0) is 20.5 Å². The van der Waals surface area contributed by atoms with Crippen molar-refractivity contribution in [1.82, 2.24) is 24.7 Å². The summed E-state index contributed by atoms with van der Waals surface area (Å²) in [6, 6.07) is 3.01. The Labute approximate surface area is 188 Å². The van der Waals surface area contributed by atoms with Crippen LogP contribution in [0.4, 0.5) is 19.0 Å². The molecule has 4 rings (SSSR count). The Kier molecular flexibility index (Phi) is 6.44. The van der Waals surface area contributed by atoms with Gasteiger partial charge in [-0.3, -0.25) is 9.59 Å². The van der Waals surface area contributed by atoms with Gasteiger partial charge in [0, 0.05) is 26.2 Å². The number of carbonyl (C=O) groups excluding carboxylic acids is 2. The third-order valence-corrected chi connectivity index (χ3v) is 6.21. The lowest BCUT2D eigenvalue weighted by molar-refractivity contribution is -0.157. The third kappa shape index (κ3) is 5.19. The van der Waals surface area contributed by atoms with E-state index in [0.29, 0.717) is 61.2 Å². The highest BCUT2D eigenvalue weighted by atomic mass is 19.4. The summed E-state index contributed by atoms with van der Waals surface area (Å²) in [6.07, 6.45) is -2.67. The van der Waals surface area contributed by atoms with E-state index in [2.05, 4.69) is 29.1 Å². The fourth-order valence-corrected chi connectivity index (χ4v) is 4.68. The van der Waals surface area contributed by atoms with Crippen LogP contribution in [0.5, 0.6) is 0 Å². The smallest absolute Gasteiger partial charge is 0.453 e. The molecule has 2 saturated heterocycles. The molecule has 0 spiro atoms. The molecule has 33 heavy (non-hydrogen) atoms. The highest BCUT2D eigenvalue weighted by Gasteiger charge is 2.38. The molecule has 0 N–H and O–H groups in total. The minimum atomic E-state index is -4.66. The van der Waals surface area contributed by atoms with Gasteiger partial charge in [-0.05, 0) is 43.2 Å². The topological polar surface area (TPSA) is 92.9 Å². The van der Waals surface area contributed by atoms with Gasteiger partial charge in [-0.15, -0.1) is 15.3 Å². The normalized spacial score (nSPS) is 22.6. The van der Waals surface area contributed by atoms with Crippen molar-refractivity contribution >= 4 is 23.3 Å². The number of piperidine rings is 2. The largest absolute Gasteiger partial charge is 0.455 e. The second-order valence-corrected chi connectivity index (χ2v) is 9.10. The van der Waals surface area contributed by atoms with Gasteiger partial charge < -0.3 is 14.5 Å². The Bertz CT molecular complexity index is 1010. The fourth-order valence-electron chi connectivity index (χ4n) is 4.68. The maximum absolute atomic E-state index is 13.1. The van der Waals surface area contributed by atoms with Crippen LogP contribution in [0.25, 0.3) is 5.65 Å². The molecule has 2 aliphatic rings. The van der Waals surface area contributed by atoms with Crippen LogP contribution in [0.2, 0.25) is 0 Å². The number of rotatable bonds is 4. The molecular formula is C21H27F3N6O3. The van der Waals surface area contributed by atoms with E-state index in [9.17, 15) is 22.8 Å². The van der Waals surface area contributed by atoms with E-state index >= 15 is 0 Å². The van der Waals surface area contributed by atoms with Gasteiger partial charge in [-0.1, -0.05) is 13.8 Å². The first kappa shape index (κ1) is 23.2. The van der Waals surface area contributed by atoms with Crippen molar-refractivity contribution in [3.63, 3.8) is 0 Å². The monoisotopic (exact) mass is 468 g/mol. The van der Waals surface area contributed by atoms with Crippen molar-refractivity contribution < 1.29 is 27.5 Å². The number of fused-ring (bicyclic) bond motifs is 1. The zero-order valence-corrected chi connectivity index (χ0v) is 18.6. The predicted molar refractivity (Wildman–Crippen MR) is 111 cm³/mol. The van der Waals surface area contributed by atoms with E-state index in [1.165, 1.54) is 6.07 Å². The minimum absolute atomic E-state index is 0.00620. The van der Waals surface area contributed by atoms with E-state index in [1.807, 2.05) is 4.90 Å². The highest BCUT2D eigenvalue weighted by Crippen LogP contribution is 2.29. The van der Waals surface area contributed by atoms with Crippen molar-refractivity contribution in [3.05, 3.63) is 18.0 Å². The lowest BCUT2D eigenvalue weighted by Crippen LogP contribution is -2.45. The molecule has 0 aromatic carbocycles. The molecule has 0 unspecified atom stereocenters. The number of nitrogens with zero attached hydrogens (tertiary/aromatic N) is 6. The number of aromatic nitrogens is 4. The summed E-state index contributed by atoms with van der Waals surface area (Å²) in [6.45, 7) is 6.17. The molecule has 0 saturated carbocycles. The van der Waals surface area contributed by atoms with Crippen molar-refractivity contribution in [2.45, 2.75) is 39.3 Å². The maximum atomic E-state index is 13.1. The standard InChI is InChI=1S/C21H27F3N6O3/c1-13-9-14(2)11-29(10-13)18(31)12-33-19(32)15-5-7-28(8-6-15)17-4-3-16-25-26-20(21(22,23)24)30(16)27-17/h3-4,13-15H,5-12H2,1-2H3/t13-,14-/m1/s1. The summed E-state index contributed by atoms with van der Waals surface area (Å²) >= 11 is 0. The molecule has 180 valence electrons. The molecule has 2 aliphatic heterocycles. The lowest BCUT2D eigenvalue weighted by atomic mass is 9.92. The van der Waals surface area contributed by atoms with Gasteiger partial charge in [0.2, 0.25) is 0 Å². The molecule has 2 atom stereocenters. The van der Waals surface area contributed by atoms with Gasteiger partial charge in [0.25, 0.3) is 11.7 Å². The number of amides is 1. The van der Waals surface area contributed by atoms with E-state index in [-0.39, 0.29) is 24.1 Å². The average Bonchev–Trinajstić information content (AvgIpc) is 3.20. The molecule has 4 heterocycles.